The number of hydrogen-bond acceptors (Lipinski definition) is 9. The number of carbonyl (C=O) groups excluding carboxylic acids is 3. The van der Waals surface area contributed by atoms with Crippen molar-refractivity contribution in [1.29, 1.82) is 0 Å². The molecule has 2 aliphatic rings. The maximum absolute atomic E-state index is 13.9. The summed E-state index contributed by atoms with van der Waals surface area (Å²) in [5.41, 5.74) is 19.7. The summed E-state index contributed by atoms with van der Waals surface area (Å²) in [6.45, 7) is 4.41. The Labute approximate surface area is 239 Å². The molecule has 4 aromatic rings. The van der Waals surface area contributed by atoms with Crippen LogP contribution < -0.4 is 27.3 Å². The normalized spacial score (nSPS) is 21.6. The highest BCUT2D eigenvalue weighted by Crippen LogP contribution is 2.49. The maximum Gasteiger partial charge on any atom is 0.262 e. The van der Waals surface area contributed by atoms with E-state index in [9.17, 15) is 14.4 Å². The number of ether oxygens (including phenoxy) is 1. The molecule has 6 rings (SSSR count). The van der Waals surface area contributed by atoms with Gasteiger partial charge in [-0.3, -0.25) is 19.4 Å². The number of rotatable bonds is 6. The highest BCUT2D eigenvalue weighted by Gasteiger charge is 2.49. The summed E-state index contributed by atoms with van der Waals surface area (Å²) in [4.78, 5) is 45.9. The Morgan fingerprint density at radius 2 is 1.93 bits per heavy atom. The first kappa shape index (κ1) is 26.6. The Morgan fingerprint density at radius 3 is 2.63 bits per heavy atom. The molecule has 208 valence electrons. The maximum atomic E-state index is 13.9. The van der Waals surface area contributed by atoms with Crippen LogP contribution in [-0.2, 0) is 15.1 Å². The molecular weight excluding hydrogens is 540 g/mol. The van der Waals surface area contributed by atoms with Gasteiger partial charge < -0.3 is 32.2 Å². The second-order valence-corrected chi connectivity index (χ2v) is 11.2. The third-order valence-corrected chi connectivity index (χ3v) is 8.90. The number of amides is 2. The van der Waals surface area contributed by atoms with Crippen LogP contribution in [0.3, 0.4) is 0 Å². The number of para-hydroxylation sites is 1. The van der Waals surface area contributed by atoms with Crippen LogP contribution >= 0.6 is 11.3 Å². The van der Waals surface area contributed by atoms with Gasteiger partial charge in [0.25, 0.3) is 5.91 Å². The molecule has 2 aromatic heterocycles. The van der Waals surface area contributed by atoms with Crippen molar-refractivity contribution in [3.8, 4) is 11.5 Å². The predicted octanol–water partition coefficient (Wildman–Crippen LogP) is 2.97. The van der Waals surface area contributed by atoms with E-state index in [-0.39, 0.29) is 17.9 Å². The molecule has 1 fully saturated rings. The number of benzene rings is 2. The molecule has 1 aliphatic carbocycles. The number of hydrogen-bond donors (Lipinski definition) is 4. The van der Waals surface area contributed by atoms with Crippen molar-refractivity contribution in [3.63, 3.8) is 0 Å². The average Bonchev–Trinajstić information content (AvgIpc) is 3.62. The standard InChI is InChI=1S/C30H28N6O4S/c1-2-22(37)36-13-12-16(15-36)35-29(39)27-24-23-19(9-10-20(31)26(23)41-27)30(33,28(38)25(24)32)21-11-8-18(14-34-21)40-17-6-4-3-5-7-17/h2-11,14,16,25H,1,12-13,15,31-33H2,(H,35,39). The number of likely N-dealkylation sites (tertiary alicyclic amines) is 1. The van der Waals surface area contributed by atoms with Crippen molar-refractivity contribution >= 4 is 44.7 Å². The first-order valence-electron chi connectivity index (χ1n) is 13.1. The van der Waals surface area contributed by atoms with Crippen LogP contribution in [0.15, 0.2) is 73.4 Å². The van der Waals surface area contributed by atoms with Crippen molar-refractivity contribution < 1.29 is 19.1 Å². The van der Waals surface area contributed by atoms with E-state index in [0.29, 0.717) is 68.5 Å². The molecule has 0 spiro atoms. The summed E-state index contributed by atoms with van der Waals surface area (Å²) in [6.07, 6.45) is 3.37. The van der Waals surface area contributed by atoms with Crippen molar-refractivity contribution in [2.24, 2.45) is 11.5 Å². The summed E-state index contributed by atoms with van der Waals surface area (Å²) in [5.74, 6) is 0.0753. The highest BCUT2D eigenvalue weighted by molar-refractivity contribution is 7.21. The van der Waals surface area contributed by atoms with Gasteiger partial charge >= 0.3 is 0 Å². The molecule has 0 saturated carbocycles. The Hall–Kier alpha value is -4.58. The number of nitrogens with zero attached hydrogens (tertiary/aromatic N) is 2. The van der Waals surface area contributed by atoms with E-state index in [1.807, 2.05) is 30.3 Å². The minimum Gasteiger partial charge on any atom is -0.456 e. The number of Topliss-reactive ketones (excluding diaryl/α,β-unsaturated/α-hetero) is 1. The summed E-state index contributed by atoms with van der Waals surface area (Å²) >= 11 is 1.18. The minimum atomic E-state index is -1.67. The summed E-state index contributed by atoms with van der Waals surface area (Å²) in [7, 11) is 0. The molecule has 7 N–H and O–H groups in total. The SMILES string of the molecule is C=CC(=O)N1CCC(NC(=O)c2sc3c(N)ccc4c3c2C(N)C(=O)C4(N)c2ccc(Oc3ccccc3)cn2)C1. The summed E-state index contributed by atoms with van der Waals surface area (Å²) in [6, 6.07) is 14.5. The first-order valence-corrected chi connectivity index (χ1v) is 13.9. The molecule has 2 amide bonds. The van der Waals surface area contributed by atoms with Gasteiger partial charge in [0, 0.05) is 35.8 Å². The van der Waals surface area contributed by atoms with E-state index in [1.54, 1.807) is 29.2 Å². The van der Waals surface area contributed by atoms with Crippen LogP contribution in [0, 0.1) is 0 Å². The fraction of sp³-hybridized carbons (Fsp3) is 0.200. The van der Waals surface area contributed by atoms with Crippen molar-refractivity contribution in [3.05, 3.63) is 95.1 Å². The quantitative estimate of drug-likeness (QED) is 0.203. The lowest BCUT2D eigenvalue weighted by molar-refractivity contribution is -0.125. The monoisotopic (exact) mass is 568 g/mol. The lowest BCUT2D eigenvalue weighted by Gasteiger charge is -2.35. The third kappa shape index (κ3) is 4.34. The van der Waals surface area contributed by atoms with Crippen molar-refractivity contribution in [2.75, 3.05) is 18.8 Å². The smallest absolute Gasteiger partial charge is 0.262 e. The van der Waals surface area contributed by atoms with Crippen LogP contribution in [0.25, 0.3) is 10.1 Å². The molecule has 0 bridgehead atoms. The molecule has 10 nitrogen and oxygen atoms in total. The van der Waals surface area contributed by atoms with Gasteiger partial charge in [0.05, 0.1) is 27.5 Å². The van der Waals surface area contributed by atoms with Gasteiger partial charge in [-0.1, -0.05) is 30.8 Å². The molecule has 3 atom stereocenters. The van der Waals surface area contributed by atoms with Crippen LogP contribution in [0.2, 0.25) is 0 Å². The number of ketones is 1. The lowest BCUT2D eigenvalue weighted by Crippen LogP contribution is -2.53. The van der Waals surface area contributed by atoms with Crippen LogP contribution in [0.1, 0.15) is 39.0 Å². The second kappa shape index (κ2) is 10.1. The topological polar surface area (TPSA) is 167 Å². The minimum absolute atomic E-state index is 0.184. The number of nitrogen functional groups attached to an aromatic ring is 1. The second-order valence-electron chi connectivity index (χ2n) is 10.1. The van der Waals surface area contributed by atoms with Crippen molar-refractivity contribution in [2.45, 2.75) is 24.0 Å². The molecule has 1 aliphatic heterocycles. The van der Waals surface area contributed by atoms with Gasteiger partial charge in [-0.2, -0.15) is 0 Å². The van der Waals surface area contributed by atoms with E-state index in [4.69, 9.17) is 21.9 Å². The van der Waals surface area contributed by atoms with Gasteiger partial charge in [-0.15, -0.1) is 11.3 Å². The number of aromatic nitrogens is 1. The van der Waals surface area contributed by atoms with Gasteiger partial charge in [0.1, 0.15) is 17.0 Å². The molecule has 3 heterocycles. The molecule has 11 heteroatoms. The summed E-state index contributed by atoms with van der Waals surface area (Å²) < 4.78 is 6.47. The lowest BCUT2D eigenvalue weighted by atomic mass is 9.72. The molecule has 2 aromatic carbocycles. The van der Waals surface area contributed by atoms with Gasteiger partial charge in [0.2, 0.25) is 5.91 Å². The summed E-state index contributed by atoms with van der Waals surface area (Å²) in [5, 5.41) is 3.59. The predicted molar refractivity (Wildman–Crippen MR) is 157 cm³/mol. The molecule has 41 heavy (non-hydrogen) atoms. The Balaban J connectivity index is 1.37. The first-order chi connectivity index (χ1) is 19.7. The molecular formula is C30H28N6O4S. The number of thiophene rings is 1. The average molecular weight is 569 g/mol. The molecule has 3 unspecified atom stereocenters. The van der Waals surface area contributed by atoms with Crippen LogP contribution in [0.5, 0.6) is 11.5 Å². The van der Waals surface area contributed by atoms with E-state index in [2.05, 4.69) is 16.9 Å². The van der Waals surface area contributed by atoms with Crippen LogP contribution in [0.4, 0.5) is 5.69 Å². The number of carbonyl (C=O) groups is 3. The number of anilines is 1. The number of pyridine rings is 1. The molecule has 0 radical (unpaired) electrons. The number of nitrogens with two attached hydrogens (primary N) is 3. The van der Waals surface area contributed by atoms with Gasteiger partial charge in [0.15, 0.2) is 5.78 Å². The van der Waals surface area contributed by atoms with Gasteiger partial charge in [-0.05, 0) is 48.4 Å². The van der Waals surface area contributed by atoms with Crippen molar-refractivity contribution in [1.82, 2.24) is 15.2 Å². The van der Waals surface area contributed by atoms with Crippen LogP contribution in [-0.4, -0.2) is 46.6 Å². The fourth-order valence-electron chi connectivity index (χ4n) is 5.57. The van der Waals surface area contributed by atoms with E-state index < -0.39 is 17.4 Å². The largest absolute Gasteiger partial charge is 0.456 e. The zero-order chi connectivity index (χ0) is 28.9. The zero-order valence-corrected chi connectivity index (χ0v) is 22.8. The molecule has 1 saturated heterocycles. The Kier molecular flexibility index (Phi) is 6.57. The number of nitrogens with one attached hydrogen (secondary N) is 1. The third-order valence-electron chi connectivity index (χ3n) is 7.65. The fourth-order valence-corrected chi connectivity index (χ4v) is 6.77. The van der Waals surface area contributed by atoms with E-state index in [1.165, 1.54) is 23.6 Å². The Bertz CT molecular complexity index is 1700. The van der Waals surface area contributed by atoms with E-state index >= 15 is 0 Å². The van der Waals surface area contributed by atoms with E-state index in [0.717, 1.165) is 0 Å². The van der Waals surface area contributed by atoms with Gasteiger partial charge in [-0.25, -0.2) is 0 Å². The Morgan fingerprint density at radius 1 is 1.15 bits per heavy atom. The highest BCUT2D eigenvalue weighted by atomic mass is 32.1. The zero-order valence-electron chi connectivity index (χ0n) is 22.0.